The van der Waals surface area contributed by atoms with Gasteiger partial charge in [-0.15, -0.1) is 0 Å². The van der Waals surface area contributed by atoms with E-state index in [1.165, 1.54) is 0 Å². The second-order valence-electron chi connectivity index (χ2n) is 3.05. The molecule has 0 saturated heterocycles. The topological polar surface area (TPSA) is 44.5 Å². The van der Waals surface area contributed by atoms with E-state index in [1.54, 1.807) is 6.07 Å². The van der Waals surface area contributed by atoms with E-state index in [4.69, 9.17) is 26.8 Å². The fourth-order valence-corrected chi connectivity index (χ4v) is 1.42. The second kappa shape index (κ2) is 6.67. The quantitative estimate of drug-likeness (QED) is 0.601. The van der Waals surface area contributed by atoms with Gasteiger partial charge < -0.3 is 15.2 Å². The summed E-state index contributed by atoms with van der Waals surface area (Å²) in [6, 6.07) is 5.50. The highest BCUT2D eigenvalue weighted by Gasteiger charge is 2.03. The lowest BCUT2D eigenvalue weighted by Gasteiger charge is -2.10. The molecule has 1 aromatic rings. The average Bonchev–Trinajstić information content (AvgIpc) is 2.22. The molecular formula is C11H16ClNO2. The number of rotatable bonds is 6. The molecule has 0 saturated carbocycles. The van der Waals surface area contributed by atoms with Crippen LogP contribution in [-0.2, 0) is 11.2 Å². The van der Waals surface area contributed by atoms with Gasteiger partial charge in [0.2, 0.25) is 0 Å². The maximum absolute atomic E-state index is 5.89. The number of ether oxygens (including phenoxy) is 2. The van der Waals surface area contributed by atoms with E-state index in [-0.39, 0.29) is 6.79 Å². The van der Waals surface area contributed by atoms with Gasteiger partial charge >= 0.3 is 0 Å². The molecule has 0 unspecified atom stereocenters. The molecular weight excluding hydrogens is 214 g/mol. The van der Waals surface area contributed by atoms with Crippen molar-refractivity contribution in [1.29, 1.82) is 0 Å². The van der Waals surface area contributed by atoms with Crippen molar-refractivity contribution in [2.75, 3.05) is 19.9 Å². The largest absolute Gasteiger partial charge is 0.467 e. The Balaban J connectivity index is 2.67. The van der Waals surface area contributed by atoms with Gasteiger partial charge in [-0.05, 0) is 43.7 Å². The maximum atomic E-state index is 5.89. The summed E-state index contributed by atoms with van der Waals surface area (Å²) in [6.07, 6.45) is 0.752. The molecule has 4 heteroatoms. The number of hydrogen-bond donors (Lipinski definition) is 1. The Bertz CT molecular complexity index is 305. The Morgan fingerprint density at radius 3 is 2.87 bits per heavy atom. The van der Waals surface area contributed by atoms with Crippen molar-refractivity contribution in [2.45, 2.75) is 13.3 Å². The molecule has 0 heterocycles. The van der Waals surface area contributed by atoms with E-state index in [0.717, 1.165) is 17.7 Å². The number of hydrogen-bond acceptors (Lipinski definition) is 3. The number of nitrogens with two attached hydrogens (primary N) is 1. The monoisotopic (exact) mass is 229 g/mol. The van der Waals surface area contributed by atoms with Crippen LogP contribution >= 0.6 is 11.6 Å². The molecule has 0 aromatic heterocycles. The summed E-state index contributed by atoms with van der Waals surface area (Å²) in [7, 11) is 0. The van der Waals surface area contributed by atoms with E-state index in [9.17, 15) is 0 Å². The van der Waals surface area contributed by atoms with E-state index in [2.05, 4.69) is 0 Å². The third-order valence-corrected chi connectivity index (χ3v) is 2.17. The lowest BCUT2D eigenvalue weighted by molar-refractivity contribution is 0.0218. The maximum Gasteiger partial charge on any atom is 0.189 e. The number of benzene rings is 1. The smallest absolute Gasteiger partial charge is 0.189 e. The predicted octanol–water partition coefficient (Wildman–Crippen LogP) is 2.21. The fraction of sp³-hybridized carbons (Fsp3) is 0.455. The molecule has 0 bridgehead atoms. The van der Waals surface area contributed by atoms with Crippen LogP contribution in [0.25, 0.3) is 0 Å². The first-order valence-electron chi connectivity index (χ1n) is 4.97. The first-order chi connectivity index (χ1) is 7.27. The third kappa shape index (κ3) is 4.08. The van der Waals surface area contributed by atoms with Crippen molar-refractivity contribution >= 4 is 11.6 Å². The van der Waals surface area contributed by atoms with Crippen molar-refractivity contribution in [3.8, 4) is 5.75 Å². The van der Waals surface area contributed by atoms with Crippen LogP contribution < -0.4 is 10.5 Å². The minimum atomic E-state index is 0.260. The Labute approximate surface area is 95.1 Å². The summed E-state index contributed by atoms with van der Waals surface area (Å²) in [4.78, 5) is 0. The third-order valence-electron chi connectivity index (χ3n) is 1.94. The lowest BCUT2D eigenvalue weighted by Crippen LogP contribution is -2.07. The van der Waals surface area contributed by atoms with Crippen LogP contribution in [0.15, 0.2) is 18.2 Å². The van der Waals surface area contributed by atoms with Crippen LogP contribution in [0.4, 0.5) is 0 Å². The van der Waals surface area contributed by atoms with E-state index in [1.807, 2.05) is 19.1 Å². The summed E-state index contributed by atoms with van der Waals surface area (Å²) in [5, 5.41) is 0.696. The van der Waals surface area contributed by atoms with Gasteiger partial charge in [0.25, 0.3) is 0 Å². The van der Waals surface area contributed by atoms with Crippen molar-refractivity contribution in [2.24, 2.45) is 5.73 Å². The predicted molar refractivity (Wildman–Crippen MR) is 61.3 cm³/mol. The van der Waals surface area contributed by atoms with Crippen LogP contribution in [0.2, 0.25) is 5.02 Å². The molecule has 15 heavy (non-hydrogen) atoms. The van der Waals surface area contributed by atoms with E-state index in [0.29, 0.717) is 18.2 Å². The molecule has 0 aliphatic heterocycles. The molecule has 0 aliphatic rings. The van der Waals surface area contributed by atoms with E-state index >= 15 is 0 Å². The van der Waals surface area contributed by atoms with E-state index < -0.39 is 0 Å². The summed E-state index contributed by atoms with van der Waals surface area (Å²) in [6.45, 7) is 3.40. The zero-order valence-corrected chi connectivity index (χ0v) is 9.59. The Morgan fingerprint density at radius 2 is 2.20 bits per heavy atom. The van der Waals surface area contributed by atoms with Gasteiger partial charge in [-0.3, -0.25) is 0 Å². The molecule has 0 aliphatic carbocycles. The molecule has 0 fully saturated rings. The summed E-state index contributed by atoms with van der Waals surface area (Å²) in [5.74, 6) is 0.790. The van der Waals surface area contributed by atoms with Gasteiger partial charge in [0.15, 0.2) is 6.79 Å². The van der Waals surface area contributed by atoms with Crippen molar-refractivity contribution in [3.05, 3.63) is 28.8 Å². The van der Waals surface area contributed by atoms with Gasteiger partial charge in [0, 0.05) is 11.6 Å². The SMILES string of the molecule is CCOCOc1ccc(Cl)cc1CCN. The zero-order chi connectivity index (χ0) is 11.1. The van der Waals surface area contributed by atoms with Crippen LogP contribution in [-0.4, -0.2) is 19.9 Å². The Hall–Kier alpha value is -0.770. The molecule has 0 amide bonds. The first-order valence-corrected chi connectivity index (χ1v) is 5.34. The highest BCUT2D eigenvalue weighted by atomic mass is 35.5. The van der Waals surface area contributed by atoms with Crippen LogP contribution in [0, 0.1) is 0 Å². The Morgan fingerprint density at radius 1 is 1.40 bits per heavy atom. The molecule has 2 N–H and O–H groups in total. The summed E-state index contributed by atoms with van der Waals surface area (Å²) in [5.41, 5.74) is 6.52. The van der Waals surface area contributed by atoms with Gasteiger partial charge in [-0.2, -0.15) is 0 Å². The highest BCUT2D eigenvalue weighted by Crippen LogP contribution is 2.23. The van der Waals surface area contributed by atoms with Crippen molar-refractivity contribution in [1.82, 2.24) is 0 Å². The minimum absolute atomic E-state index is 0.260. The van der Waals surface area contributed by atoms with Crippen LogP contribution in [0.5, 0.6) is 5.75 Å². The molecule has 1 aromatic carbocycles. The highest BCUT2D eigenvalue weighted by molar-refractivity contribution is 6.30. The van der Waals surface area contributed by atoms with Gasteiger partial charge in [-0.25, -0.2) is 0 Å². The van der Waals surface area contributed by atoms with Gasteiger partial charge in [0.1, 0.15) is 5.75 Å². The minimum Gasteiger partial charge on any atom is -0.467 e. The standard InChI is InChI=1S/C11H16ClNO2/c1-2-14-8-15-11-4-3-10(12)7-9(11)5-6-13/h3-4,7H,2,5-6,8,13H2,1H3. The first kappa shape index (κ1) is 12.3. The molecule has 0 spiro atoms. The second-order valence-corrected chi connectivity index (χ2v) is 3.48. The zero-order valence-electron chi connectivity index (χ0n) is 8.83. The molecule has 0 atom stereocenters. The molecule has 0 radical (unpaired) electrons. The fourth-order valence-electron chi connectivity index (χ4n) is 1.23. The summed E-state index contributed by atoms with van der Waals surface area (Å²) >= 11 is 5.89. The molecule has 84 valence electrons. The van der Waals surface area contributed by atoms with Crippen molar-refractivity contribution < 1.29 is 9.47 Å². The molecule has 3 nitrogen and oxygen atoms in total. The summed E-state index contributed by atoms with van der Waals surface area (Å²) < 4.78 is 10.6. The van der Waals surface area contributed by atoms with Crippen molar-refractivity contribution in [3.63, 3.8) is 0 Å². The molecule has 1 rings (SSSR count). The Kier molecular flexibility index (Phi) is 5.47. The van der Waals surface area contributed by atoms with Gasteiger partial charge in [-0.1, -0.05) is 11.6 Å². The van der Waals surface area contributed by atoms with Crippen LogP contribution in [0.1, 0.15) is 12.5 Å². The number of halogens is 1. The average molecular weight is 230 g/mol. The normalized spacial score (nSPS) is 10.3. The van der Waals surface area contributed by atoms with Crippen LogP contribution in [0.3, 0.4) is 0 Å². The lowest BCUT2D eigenvalue weighted by atomic mass is 10.1. The van der Waals surface area contributed by atoms with Gasteiger partial charge in [0.05, 0.1) is 0 Å².